The summed E-state index contributed by atoms with van der Waals surface area (Å²) < 4.78 is 51.7. The van der Waals surface area contributed by atoms with Crippen LogP contribution in [-0.4, -0.2) is 25.1 Å². The number of halogens is 1. The molecule has 0 aromatic heterocycles. The molecule has 30 heavy (non-hydrogen) atoms. The molecule has 2 unspecified atom stereocenters. The maximum Gasteiger partial charge on any atom is 0.406 e. The molecule has 0 bridgehead atoms. The molecular formula is C20H32BrNO6P2. The average Bonchev–Trinajstić information content (AvgIpc) is 3.15. The van der Waals surface area contributed by atoms with Gasteiger partial charge in [0.1, 0.15) is 5.28 Å². The molecule has 170 valence electrons. The molecule has 0 amide bonds. The number of nitrogens with one attached hydrogen (secondary N) is 1. The Morgan fingerprint density at radius 3 is 2.27 bits per heavy atom. The van der Waals surface area contributed by atoms with Crippen LogP contribution in [0.3, 0.4) is 0 Å². The predicted octanol–water partition coefficient (Wildman–Crippen LogP) is 6.80. The first kappa shape index (κ1) is 24.6. The topological polar surface area (TPSA) is 83.1 Å². The second-order valence-electron chi connectivity index (χ2n) is 8.48. The normalized spacial score (nSPS) is 28.5. The Morgan fingerprint density at radius 2 is 1.73 bits per heavy atom. The molecule has 1 saturated heterocycles. The molecule has 3 rings (SSSR count). The average molecular weight is 524 g/mol. The van der Waals surface area contributed by atoms with E-state index in [9.17, 15) is 9.13 Å². The van der Waals surface area contributed by atoms with Crippen molar-refractivity contribution in [3.8, 4) is 0 Å². The maximum absolute atomic E-state index is 14.2. The van der Waals surface area contributed by atoms with Crippen molar-refractivity contribution in [3.63, 3.8) is 0 Å². The lowest BCUT2D eigenvalue weighted by molar-refractivity contribution is -0.0348. The fraction of sp³-hybridized carbons (Fsp3) is 0.700. The van der Waals surface area contributed by atoms with E-state index in [0.717, 1.165) is 22.9 Å². The van der Waals surface area contributed by atoms with E-state index in [-0.39, 0.29) is 25.2 Å². The molecule has 1 aromatic rings. The van der Waals surface area contributed by atoms with E-state index >= 15 is 0 Å². The Morgan fingerprint density at radius 1 is 1.17 bits per heavy atom. The summed E-state index contributed by atoms with van der Waals surface area (Å²) >= 11 is 3.46. The molecule has 1 saturated carbocycles. The monoisotopic (exact) mass is 523 g/mol. The Hall–Kier alpha value is -0.0400. The third-order valence-corrected chi connectivity index (χ3v) is 10.8. The van der Waals surface area contributed by atoms with Crippen molar-refractivity contribution in [2.75, 3.05) is 19.8 Å². The molecule has 10 heteroatoms. The Bertz CT molecular complexity index is 815. The molecule has 2 fully saturated rings. The first-order chi connectivity index (χ1) is 14.1. The van der Waals surface area contributed by atoms with Gasteiger partial charge in [0.15, 0.2) is 0 Å². The molecule has 0 radical (unpaired) electrons. The van der Waals surface area contributed by atoms with Crippen molar-refractivity contribution in [1.29, 1.82) is 0 Å². The van der Waals surface area contributed by atoms with Gasteiger partial charge >= 0.3 is 15.3 Å². The van der Waals surface area contributed by atoms with Gasteiger partial charge < -0.3 is 4.52 Å². The van der Waals surface area contributed by atoms with Crippen molar-refractivity contribution < 1.29 is 27.2 Å². The van der Waals surface area contributed by atoms with Crippen LogP contribution in [0.15, 0.2) is 28.7 Å². The molecule has 1 aliphatic heterocycles. The zero-order chi connectivity index (χ0) is 22.0. The summed E-state index contributed by atoms with van der Waals surface area (Å²) in [6.45, 7) is 8.24. The van der Waals surface area contributed by atoms with E-state index in [4.69, 9.17) is 18.1 Å². The Balaban J connectivity index is 1.96. The summed E-state index contributed by atoms with van der Waals surface area (Å²) in [5.41, 5.74) is 0.545. The van der Waals surface area contributed by atoms with Crippen LogP contribution in [0.25, 0.3) is 0 Å². The van der Waals surface area contributed by atoms with Gasteiger partial charge in [0.25, 0.3) is 0 Å². The minimum atomic E-state index is -3.70. The van der Waals surface area contributed by atoms with Crippen LogP contribution in [0.5, 0.6) is 0 Å². The highest BCUT2D eigenvalue weighted by Gasteiger charge is 2.60. The van der Waals surface area contributed by atoms with Gasteiger partial charge in [-0.15, -0.1) is 0 Å². The fourth-order valence-electron chi connectivity index (χ4n) is 4.12. The number of rotatable bonds is 8. The molecule has 1 aromatic carbocycles. The van der Waals surface area contributed by atoms with Gasteiger partial charge in [-0.25, -0.2) is 9.65 Å². The quantitative estimate of drug-likeness (QED) is 0.375. The standard InChI is InChI=1S/C20H32BrNO6P2/c1-5-25-30(24,26-6-2)22-20(13-7-8-14-20)29(23)27-15-19(3,4)18(28-29)16-9-11-17(21)12-10-16/h9-12,18H,5-8,13-15H2,1-4H3,(H,22,24). The fourth-order valence-corrected chi connectivity index (χ4v) is 9.42. The van der Waals surface area contributed by atoms with Gasteiger partial charge in [-0.05, 0) is 44.4 Å². The smallest absolute Gasteiger partial charge is 0.307 e. The van der Waals surface area contributed by atoms with Crippen molar-refractivity contribution in [2.45, 2.75) is 64.8 Å². The second-order valence-corrected chi connectivity index (χ2v) is 13.5. The lowest BCUT2D eigenvalue weighted by atomic mass is 9.83. The molecule has 1 aliphatic carbocycles. The minimum absolute atomic E-state index is 0.209. The first-order valence-electron chi connectivity index (χ1n) is 10.5. The third kappa shape index (κ3) is 4.97. The molecule has 2 aliphatic rings. The van der Waals surface area contributed by atoms with Gasteiger partial charge in [-0.1, -0.05) is 54.8 Å². The third-order valence-electron chi connectivity index (χ3n) is 5.63. The minimum Gasteiger partial charge on any atom is -0.307 e. The van der Waals surface area contributed by atoms with Crippen molar-refractivity contribution in [1.82, 2.24) is 5.09 Å². The zero-order valence-electron chi connectivity index (χ0n) is 18.1. The summed E-state index contributed by atoms with van der Waals surface area (Å²) in [4.78, 5) is 0. The van der Waals surface area contributed by atoms with Crippen LogP contribution < -0.4 is 5.09 Å². The van der Waals surface area contributed by atoms with E-state index in [1.165, 1.54) is 0 Å². The predicted molar refractivity (Wildman–Crippen MR) is 121 cm³/mol. The van der Waals surface area contributed by atoms with Gasteiger partial charge in [-0.2, -0.15) is 0 Å². The maximum atomic E-state index is 14.2. The highest BCUT2D eigenvalue weighted by atomic mass is 79.9. The van der Waals surface area contributed by atoms with Crippen LogP contribution in [0.4, 0.5) is 0 Å². The largest absolute Gasteiger partial charge is 0.406 e. The molecule has 1 heterocycles. The SMILES string of the molecule is CCOP(=O)(NC1(P2(=O)OCC(C)(C)C(c3ccc(Br)cc3)O2)CCCC1)OCC. The highest BCUT2D eigenvalue weighted by Crippen LogP contribution is 2.72. The number of hydrogen-bond acceptors (Lipinski definition) is 6. The van der Waals surface area contributed by atoms with Crippen LogP contribution in [0, 0.1) is 5.41 Å². The highest BCUT2D eigenvalue weighted by molar-refractivity contribution is 9.10. The van der Waals surface area contributed by atoms with E-state index in [2.05, 4.69) is 21.0 Å². The summed E-state index contributed by atoms with van der Waals surface area (Å²) in [6, 6.07) is 7.81. The van der Waals surface area contributed by atoms with E-state index < -0.39 is 26.7 Å². The van der Waals surface area contributed by atoms with E-state index in [0.29, 0.717) is 12.8 Å². The molecule has 1 N–H and O–H groups in total. The summed E-state index contributed by atoms with van der Waals surface area (Å²) in [5, 5.41) is 1.92. The van der Waals surface area contributed by atoms with Gasteiger partial charge in [0, 0.05) is 9.89 Å². The van der Waals surface area contributed by atoms with Crippen LogP contribution >= 0.6 is 31.3 Å². The number of hydrogen-bond donors (Lipinski definition) is 1. The van der Waals surface area contributed by atoms with Gasteiger partial charge in [0.2, 0.25) is 0 Å². The van der Waals surface area contributed by atoms with Gasteiger partial charge in [-0.3, -0.25) is 18.1 Å². The summed E-state index contributed by atoms with van der Waals surface area (Å²) in [7, 11) is -7.37. The number of benzene rings is 1. The first-order valence-corrected chi connectivity index (χ1v) is 14.3. The second kappa shape index (κ2) is 9.44. The molecule has 0 spiro atoms. The van der Waals surface area contributed by atoms with Crippen molar-refractivity contribution in [3.05, 3.63) is 34.3 Å². The zero-order valence-corrected chi connectivity index (χ0v) is 21.4. The van der Waals surface area contributed by atoms with Crippen molar-refractivity contribution >= 4 is 31.3 Å². The summed E-state index contributed by atoms with van der Waals surface area (Å²) in [5.74, 6) is 0. The van der Waals surface area contributed by atoms with E-state index in [1.807, 2.05) is 38.1 Å². The van der Waals surface area contributed by atoms with Crippen LogP contribution in [0.1, 0.15) is 65.0 Å². The van der Waals surface area contributed by atoms with Crippen molar-refractivity contribution in [2.24, 2.45) is 5.41 Å². The lowest BCUT2D eigenvalue weighted by Gasteiger charge is -2.47. The van der Waals surface area contributed by atoms with Crippen LogP contribution in [-0.2, 0) is 27.2 Å². The summed E-state index contributed by atoms with van der Waals surface area (Å²) in [6.07, 6.45) is 2.26. The molecule has 2 atom stereocenters. The Labute approximate surface area is 187 Å². The van der Waals surface area contributed by atoms with E-state index in [1.54, 1.807) is 13.8 Å². The lowest BCUT2D eigenvalue weighted by Crippen LogP contribution is -2.46. The molecule has 7 nitrogen and oxygen atoms in total. The van der Waals surface area contributed by atoms with Crippen LogP contribution in [0.2, 0.25) is 0 Å². The molecular weight excluding hydrogens is 492 g/mol. The van der Waals surface area contributed by atoms with Gasteiger partial charge in [0.05, 0.1) is 25.9 Å². The Kier molecular flexibility index (Phi) is 7.74.